The van der Waals surface area contributed by atoms with Crippen molar-refractivity contribution in [3.05, 3.63) is 199 Å². The summed E-state index contributed by atoms with van der Waals surface area (Å²) in [6, 6.07) is 66.1. The van der Waals surface area contributed by atoms with Crippen molar-refractivity contribution in [2.75, 3.05) is 0 Å². The molecule has 9 aromatic carbocycles. The summed E-state index contributed by atoms with van der Waals surface area (Å²) >= 11 is 0. The Morgan fingerprint density at radius 3 is 1.36 bits per heavy atom. The van der Waals surface area contributed by atoms with Gasteiger partial charge in [0.1, 0.15) is 0 Å². The van der Waals surface area contributed by atoms with Gasteiger partial charge in [0.15, 0.2) is 0 Å². The third kappa shape index (κ3) is 4.57. The highest BCUT2D eigenvalue weighted by molar-refractivity contribution is 6.23. The van der Waals surface area contributed by atoms with E-state index >= 15 is 0 Å². The van der Waals surface area contributed by atoms with Gasteiger partial charge < -0.3 is 9.13 Å². The second-order valence-corrected chi connectivity index (χ2v) is 14.3. The molecule has 56 heavy (non-hydrogen) atoms. The summed E-state index contributed by atoms with van der Waals surface area (Å²) in [6.45, 7) is 8.66. The van der Waals surface area contributed by atoms with Crippen LogP contribution in [0.2, 0.25) is 0 Å². The van der Waals surface area contributed by atoms with Gasteiger partial charge in [0.2, 0.25) is 5.69 Å². The molecule has 0 spiro atoms. The second-order valence-electron chi connectivity index (χ2n) is 14.3. The molecule has 11 aromatic rings. The van der Waals surface area contributed by atoms with E-state index in [4.69, 9.17) is 6.57 Å². The molecule has 258 valence electrons. The summed E-state index contributed by atoms with van der Waals surface area (Å²) in [5.74, 6) is 0. The topological polar surface area (TPSA) is 38.0 Å². The minimum Gasteiger partial charge on any atom is -0.319 e. The van der Waals surface area contributed by atoms with Gasteiger partial charge in [0.25, 0.3) is 0 Å². The molecule has 4 nitrogen and oxygen atoms in total. The molecule has 2 aromatic heterocycles. The minimum atomic E-state index is 0.320. The molecule has 0 fully saturated rings. The summed E-state index contributed by atoms with van der Waals surface area (Å²) in [6.07, 6.45) is 0. The van der Waals surface area contributed by atoms with Gasteiger partial charge in [-0.05, 0) is 92.3 Å². The molecule has 0 amide bonds. The third-order valence-electron chi connectivity index (χ3n) is 11.4. The number of hydrogen-bond acceptors (Lipinski definition) is 1. The Balaban J connectivity index is 1.21. The molecule has 0 unspecified atom stereocenters. The van der Waals surface area contributed by atoms with Crippen LogP contribution >= 0.6 is 0 Å². The summed E-state index contributed by atoms with van der Waals surface area (Å²) in [5.41, 5.74) is 10.5. The number of aromatic nitrogens is 2. The highest BCUT2D eigenvalue weighted by Gasteiger charge is 2.24. The number of hydrogen-bond donors (Lipinski definition) is 0. The van der Waals surface area contributed by atoms with Crippen LogP contribution in [0, 0.1) is 17.9 Å². The second kappa shape index (κ2) is 12.3. The van der Waals surface area contributed by atoms with E-state index in [0.29, 0.717) is 22.6 Å². The number of nitriles is 1. The van der Waals surface area contributed by atoms with Crippen LogP contribution in [0.3, 0.4) is 0 Å². The zero-order valence-corrected chi connectivity index (χ0v) is 30.1. The fourth-order valence-electron chi connectivity index (χ4n) is 8.88. The van der Waals surface area contributed by atoms with Crippen LogP contribution in [0.1, 0.15) is 5.56 Å². The van der Waals surface area contributed by atoms with Crippen molar-refractivity contribution in [3.8, 4) is 39.7 Å². The highest BCUT2D eigenvalue weighted by atomic mass is 15.0. The number of rotatable bonds is 4. The van der Waals surface area contributed by atoms with Gasteiger partial charge in [0.05, 0.1) is 51.6 Å². The van der Waals surface area contributed by atoms with Crippen LogP contribution < -0.4 is 0 Å². The first-order valence-corrected chi connectivity index (χ1v) is 18.7. The van der Waals surface area contributed by atoms with Crippen molar-refractivity contribution in [1.82, 2.24) is 9.13 Å². The first kappa shape index (κ1) is 31.6. The maximum absolute atomic E-state index is 11.1. The maximum atomic E-state index is 11.1. The summed E-state index contributed by atoms with van der Waals surface area (Å²) in [5, 5.41) is 20.1. The quantitative estimate of drug-likeness (QED) is 0.168. The Kier molecular flexibility index (Phi) is 6.95. The zero-order valence-electron chi connectivity index (χ0n) is 30.1. The average Bonchev–Trinajstić information content (AvgIpc) is 3.79. The normalized spacial score (nSPS) is 11.5. The van der Waals surface area contributed by atoms with Crippen molar-refractivity contribution < 1.29 is 0 Å². The van der Waals surface area contributed by atoms with Gasteiger partial charge >= 0.3 is 0 Å². The lowest BCUT2D eigenvalue weighted by Crippen LogP contribution is -2.02. The fraction of sp³-hybridized carbons (Fsp3) is 0. The Hall–Kier alpha value is -7.92. The molecule has 0 bridgehead atoms. The lowest BCUT2D eigenvalue weighted by atomic mass is 10.0. The minimum absolute atomic E-state index is 0.320. The molecule has 0 saturated carbocycles. The Labute approximate surface area is 322 Å². The van der Waals surface area contributed by atoms with E-state index in [1.54, 1.807) is 0 Å². The van der Waals surface area contributed by atoms with Crippen molar-refractivity contribution >= 4 is 70.8 Å². The monoisotopic (exact) mass is 710 g/mol. The van der Waals surface area contributed by atoms with Crippen LogP contribution in [0.4, 0.5) is 5.69 Å². The SMILES string of the molecule is [C-]#[N+]c1c(-n2c3ccc(-c4ccccc4)cc3c3c4ccccc4ccc32)ccc(-n2c3ccc(-c4ccccc4)cc3c3c4ccccc4ccc32)c1C#N. The molecule has 0 N–H and O–H groups in total. The summed E-state index contributed by atoms with van der Waals surface area (Å²) in [7, 11) is 0. The smallest absolute Gasteiger partial charge is 0.230 e. The molecule has 4 heteroatoms. The average molecular weight is 711 g/mol. The molecule has 0 saturated heterocycles. The van der Waals surface area contributed by atoms with Crippen LogP contribution in [0.25, 0.3) is 104 Å². The standard InChI is InChI=1S/C52H30N4/c1-54-52-43(32-53)46(55-44-24-22-37(33-12-4-2-5-13-33)30-41(44)50-39-18-10-8-16-35(39)20-26-47(50)55)28-29-49(52)56-45-25-23-38(34-14-6-3-7-15-34)31-42(45)51-40-19-11-9-17-36(40)21-27-48(51)56/h2-31H. The van der Waals surface area contributed by atoms with Gasteiger partial charge in [-0.1, -0.05) is 133 Å². The van der Waals surface area contributed by atoms with Crippen molar-refractivity contribution in [1.29, 1.82) is 5.26 Å². The van der Waals surface area contributed by atoms with Gasteiger partial charge in [-0.25, -0.2) is 4.85 Å². The first-order valence-electron chi connectivity index (χ1n) is 18.7. The van der Waals surface area contributed by atoms with Crippen molar-refractivity contribution in [2.24, 2.45) is 0 Å². The molecule has 0 aliphatic carbocycles. The van der Waals surface area contributed by atoms with E-state index in [1.807, 2.05) is 24.3 Å². The maximum Gasteiger partial charge on any atom is 0.230 e. The van der Waals surface area contributed by atoms with Crippen molar-refractivity contribution in [3.63, 3.8) is 0 Å². The van der Waals surface area contributed by atoms with Gasteiger partial charge in [-0.15, -0.1) is 0 Å². The van der Waals surface area contributed by atoms with E-state index in [1.165, 1.54) is 0 Å². The van der Waals surface area contributed by atoms with E-state index in [0.717, 1.165) is 87.4 Å². The summed E-state index contributed by atoms with van der Waals surface area (Å²) < 4.78 is 4.35. The number of nitrogens with zero attached hydrogens (tertiary/aromatic N) is 4. The molecule has 0 aliphatic rings. The van der Waals surface area contributed by atoms with Crippen molar-refractivity contribution in [2.45, 2.75) is 0 Å². The van der Waals surface area contributed by atoms with Crippen LogP contribution in [0.5, 0.6) is 0 Å². The lowest BCUT2D eigenvalue weighted by Gasteiger charge is -2.16. The number of fused-ring (bicyclic) bond motifs is 10. The van der Waals surface area contributed by atoms with Gasteiger partial charge in [-0.3, -0.25) is 0 Å². The van der Waals surface area contributed by atoms with E-state index in [9.17, 15) is 5.26 Å². The molecule has 0 aliphatic heterocycles. The van der Waals surface area contributed by atoms with Gasteiger partial charge in [-0.2, -0.15) is 5.26 Å². The van der Waals surface area contributed by atoms with Crippen LogP contribution in [-0.2, 0) is 0 Å². The fourth-order valence-corrected chi connectivity index (χ4v) is 8.88. The predicted octanol–water partition coefficient (Wildman–Crippen LogP) is 13.9. The van der Waals surface area contributed by atoms with Crippen LogP contribution in [0.15, 0.2) is 182 Å². The Bertz CT molecular complexity index is 3250. The summed E-state index contributed by atoms with van der Waals surface area (Å²) in [4.78, 5) is 4.17. The predicted molar refractivity (Wildman–Crippen MR) is 232 cm³/mol. The zero-order chi connectivity index (χ0) is 37.3. The largest absolute Gasteiger partial charge is 0.319 e. The first-order chi connectivity index (χ1) is 27.7. The molecule has 0 atom stereocenters. The molecule has 11 rings (SSSR count). The highest BCUT2D eigenvalue weighted by Crippen LogP contribution is 2.45. The van der Waals surface area contributed by atoms with E-state index < -0.39 is 0 Å². The van der Waals surface area contributed by atoms with E-state index in [2.05, 4.69) is 178 Å². The molecular weight excluding hydrogens is 681 g/mol. The van der Waals surface area contributed by atoms with Gasteiger partial charge in [0, 0.05) is 21.5 Å². The number of benzene rings is 9. The Morgan fingerprint density at radius 1 is 0.411 bits per heavy atom. The molecular formula is C52H30N4. The molecule has 2 heterocycles. The van der Waals surface area contributed by atoms with E-state index in [-0.39, 0.29) is 0 Å². The van der Waals surface area contributed by atoms with Crippen LogP contribution in [-0.4, -0.2) is 9.13 Å². The third-order valence-corrected chi connectivity index (χ3v) is 11.4. The molecule has 0 radical (unpaired) electrons. The lowest BCUT2D eigenvalue weighted by molar-refractivity contribution is 1.14. The Morgan fingerprint density at radius 2 is 0.857 bits per heavy atom.